The summed E-state index contributed by atoms with van der Waals surface area (Å²) in [6.07, 6.45) is 48.2. The Morgan fingerprint density at radius 1 is 0.427 bits per heavy atom. The molecule has 1 saturated heterocycles. The van der Waals surface area contributed by atoms with E-state index >= 15 is 0 Å². The number of carboxylic acid groups (broad SMARTS) is 1. The first-order valence-electron chi connectivity index (χ1n) is 31.0. The van der Waals surface area contributed by atoms with Gasteiger partial charge in [0.2, 0.25) is 0 Å². The molecule has 0 saturated carbocycles. The summed E-state index contributed by atoms with van der Waals surface area (Å²) in [5, 5.41) is 31.5. The third kappa shape index (κ3) is 41.7. The number of rotatable bonds is 53. The largest absolute Gasteiger partial charge is 0.479 e. The van der Waals surface area contributed by atoms with Gasteiger partial charge in [-0.15, -0.1) is 0 Å². The molecule has 0 aromatic carbocycles. The second kappa shape index (κ2) is 51.7. The van der Waals surface area contributed by atoms with Crippen LogP contribution >= 0.6 is 0 Å². The first-order chi connectivity index (χ1) is 36.6. The van der Waals surface area contributed by atoms with E-state index in [0.29, 0.717) is 19.3 Å². The number of carbonyl (C=O) groups excluding carboxylic acids is 3. The molecule has 6 atom stereocenters. The first kappa shape index (κ1) is 70.0. The lowest BCUT2D eigenvalue weighted by Gasteiger charge is -2.40. The van der Waals surface area contributed by atoms with Crippen molar-refractivity contribution in [2.75, 3.05) is 13.2 Å². The van der Waals surface area contributed by atoms with Crippen LogP contribution in [0.2, 0.25) is 0 Å². The summed E-state index contributed by atoms with van der Waals surface area (Å²) >= 11 is 0. The van der Waals surface area contributed by atoms with Crippen molar-refractivity contribution < 1.29 is 58.2 Å². The smallest absolute Gasteiger partial charge is 0.335 e. The van der Waals surface area contributed by atoms with Crippen LogP contribution in [0.15, 0.2) is 36.5 Å². The number of allylic oxidation sites excluding steroid dienone is 6. The Morgan fingerprint density at radius 3 is 1.13 bits per heavy atom. The number of ether oxygens (including phenoxy) is 5. The number of aliphatic hydroxyl groups is 2. The molecule has 6 unspecified atom stereocenters. The number of esters is 3. The summed E-state index contributed by atoms with van der Waals surface area (Å²) in [6.45, 7) is 5.98. The highest BCUT2D eigenvalue weighted by atomic mass is 16.7. The average Bonchev–Trinajstić information content (AvgIpc) is 3.39. The minimum Gasteiger partial charge on any atom is -0.479 e. The Labute approximate surface area is 457 Å². The Balaban J connectivity index is 2.69. The van der Waals surface area contributed by atoms with E-state index in [-0.39, 0.29) is 25.9 Å². The maximum absolute atomic E-state index is 13.2. The zero-order valence-corrected chi connectivity index (χ0v) is 48.1. The number of hydrogen-bond acceptors (Lipinski definition) is 11. The topological polar surface area (TPSA) is 175 Å². The van der Waals surface area contributed by atoms with E-state index < -0.39 is 67.3 Å². The molecule has 0 aromatic heterocycles. The predicted octanol–water partition coefficient (Wildman–Crippen LogP) is 16.0. The summed E-state index contributed by atoms with van der Waals surface area (Å²) in [5.74, 6) is -3.13. The standard InChI is InChI=1S/C63H112O12/c1-4-7-10-13-16-19-22-25-28-31-34-37-40-43-46-49-55(64)71-52-54(73-56(65)50-47-44-41-38-35-32-29-26-23-20-17-14-11-8-5-2)53-72-63-61(59(68)58(67)60(75-63)62(69)70)74-57(66)51-48-45-42-39-36-33-30-27-24-21-18-15-12-9-6-3/h25-30,54,58-61,63,67-68H,4-24,31-53H2,1-3H3,(H,69,70)/b28-25-,29-26-,30-27-. The van der Waals surface area contributed by atoms with E-state index in [1.807, 2.05) is 0 Å². The van der Waals surface area contributed by atoms with E-state index in [1.54, 1.807) is 0 Å². The third-order valence-corrected chi connectivity index (χ3v) is 14.2. The van der Waals surface area contributed by atoms with Crippen LogP contribution in [0.25, 0.3) is 0 Å². The maximum atomic E-state index is 13.2. The lowest BCUT2D eigenvalue weighted by molar-refractivity contribution is -0.301. The normalized spacial score (nSPS) is 18.3. The van der Waals surface area contributed by atoms with Crippen LogP contribution in [-0.2, 0) is 42.9 Å². The van der Waals surface area contributed by atoms with Crippen LogP contribution in [0.4, 0.5) is 0 Å². The zero-order chi connectivity index (χ0) is 54.7. The Bertz CT molecular complexity index is 1450. The average molecular weight is 1060 g/mol. The van der Waals surface area contributed by atoms with Gasteiger partial charge in [-0.05, 0) is 96.3 Å². The van der Waals surface area contributed by atoms with Gasteiger partial charge in [0.15, 0.2) is 24.6 Å². The number of aliphatic carboxylic acids is 1. The van der Waals surface area contributed by atoms with Crippen LogP contribution in [0.1, 0.15) is 290 Å². The highest BCUT2D eigenvalue weighted by Gasteiger charge is 2.50. The molecule has 1 heterocycles. The van der Waals surface area contributed by atoms with Crippen molar-refractivity contribution in [3.05, 3.63) is 36.5 Å². The van der Waals surface area contributed by atoms with Gasteiger partial charge in [-0.2, -0.15) is 0 Å². The van der Waals surface area contributed by atoms with E-state index in [4.69, 9.17) is 23.7 Å². The third-order valence-electron chi connectivity index (χ3n) is 14.2. The molecule has 0 amide bonds. The molecule has 1 fully saturated rings. The van der Waals surface area contributed by atoms with E-state index in [1.165, 1.54) is 116 Å². The highest BCUT2D eigenvalue weighted by molar-refractivity contribution is 5.74. The highest BCUT2D eigenvalue weighted by Crippen LogP contribution is 2.26. The SMILES string of the molecule is CCCCCCCC/C=C\CCCCCCCC(=O)OCC(COC1OC(C(=O)O)C(O)C(O)C1OC(=O)CCCCCCC/C=C\CCCCCCCC)OC(=O)CCCCCCC/C=C\CCCCCCCC. The minimum absolute atomic E-state index is 0.0514. The number of aliphatic hydroxyl groups excluding tert-OH is 2. The second-order valence-corrected chi connectivity index (χ2v) is 21.3. The maximum Gasteiger partial charge on any atom is 0.335 e. The van der Waals surface area contributed by atoms with Gasteiger partial charge < -0.3 is 39.0 Å². The molecule has 75 heavy (non-hydrogen) atoms. The monoisotopic (exact) mass is 1060 g/mol. The molecule has 3 N–H and O–H groups in total. The molecule has 0 aromatic rings. The molecule has 12 nitrogen and oxygen atoms in total. The van der Waals surface area contributed by atoms with Gasteiger partial charge in [-0.25, -0.2) is 4.79 Å². The lowest BCUT2D eigenvalue weighted by atomic mass is 9.98. The van der Waals surface area contributed by atoms with E-state index in [2.05, 4.69) is 57.2 Å². The molecule has 12 heteroatoms. The molecule has 0 bridgehead atoms. The van der Waals surface area contributed by atoms with Crippen molar-refractivity contribution in [3.63, 3.8) is 0 Å². The van der Waals surface area contributed by atoms with Gasteiger partial charge >= 0.3 is 23.9 Å². The van der Waals surface area contributed by atoms with Crippen LogP contribution in [0.3, 0.4) is 0 Å². The fourth-order valence-corrected chi connectivity index (χ4v) is 9.35. The van der Waals surface area contributed by atoms with Crippen molar-refractivity contribution in [1.29, 1.82) is 0 Å². The molecule has 0 aliphatic carbocycles. The summed E-state index contributed by atoms with van der Waals surface area (Å²) in [7, 11) is 0. The molecular weight excluding hydrogens is 949 g/mol. The van der Waals surface area contributed by atoms with Crippen molar-refractivity contribution in [1.82, 2.24) is 0 Å². The van der Waals surface area contributed by atoms with Crippen LogP contribution in [0.5, 0.6) is 0 Å². The number of hydrogen-bond donors (Lipinski definition) is 3. The molecule has 0 spiro atoms. The Hall–Kier alpha value is -3.06. The quantitative estimate of drug-likeness (QED) is 0.0228. The summed E-state index contributed by atoms with van der Waals surface area (Å²) in [6, 6.07) is 0. The van der Waals surface area contributed by atoms with Crippen molar-refractivity contribution in [2.24, 2.45) is 0 Å². The molecule has 436 valence electrons. The molecular formula is C63H112O12. The Kier molecular flexibility index (Phi) is 48.2. The molecule has 1 aliphatic heterocycles. The van der Waals surface area contributed by atoms with Gasteiger partial charge in [0.1, 0.15) is 18.8 Å². The van der Waals surface area contributed by atoms with Crippen molar-refractivity contribution >= 4 is 23.9 Å². The first-order valence-corrected chi connectivity index (χ1v) is 31.0. The Morgan fingerprint density at radius 2 is 0.760 bits per heavy atom. The molecule has 1 rings (SSSR count). The van der Waals surface area contributed by atoms with Gasteiger partial charge in [-0.1, -0.05) is 211 Å². The summed E-state index contributed by atoms with van der Waals surface area (Å²) in [4.78, 5) is 51.2. The fourth-order valence-electron chi connectivity index (χ4n) is 9.35. The van der Waals surface area contributed by atoms with Gasteiger partial charge in [0, 0.05) is 19.3 Å². The fraction of sp³-hybridized carbons (Fsp3) is 0.841. The van der Waals surface area contributed by atoms with Crippen LogP contribution in [0, 0.1) is 0 Å². The number of carbonyl (C=O) groups is 4. The van der Waals surface area contributed by atoms with E-state index in [9.17, 15) is 34.5 Å². The van der Waals surface area contributed by atoms with Crippen LogP contribution in [-0.4, -0.2) is 89.2 Å². The van der Waals surface area contributed by atoms with E-state index in [0.717, 1.165) is 116 Å². The van der Waals surface area contributed by atoms with Crippen molar-refractivity contribution in [2.45, 2.75) is 327 Å². The second-order valence-electron chi connectivity index (χ2n) is 21.3. The minimum atomic E-state index is -1.91. The number of carboxylic acids is 1. The summed E-state index contributed by atoms with van der Waals surface area (Å²) < 4.78 is 28.5. The zero-order valence-electron chi connectivity index (χ0n) is 48.1. The molecule has 0 radical (unpaired) electrons. The van der Waals surface area contributed by atoms with Crippen LogP contribution < -0.4 is 0 Å². The van der Waals surface area contributed by atoms with Gasteiger partial charge in [0.05, 0.1) is 6.61 Å². The van der Waals surface area contributed by atoms with Gasteiger partial charge in [-0.3, -0.25) is 14.4 Å². The predicted molar refractivity (Wildman–Crippen MR) is 303 cm³/mol. The summed E-state index contributed by atoms with van der Waals surface area (Å²) in [5.41, 5.74) is 0. The number of unbranched alkanes of at least 4 members (excludes halogenated alkanes) is 33. The molecule has 1 aliphatic rings. The lowest BCUT2D eigenvalue weighted by Crippen LogP contribution is -2.61. The van der Waals surface area contributed by atoms with Crippen molar-refractivity contribution in [3.8, 4) is 0 Å². The van der Waals surface area contributed by atoms with Gasteiger partial charge in [0.25, 0.3) is 0 Å².